The Morgan fingerprint density at radius 2 is 2.12 bits per heavy atom. The molecule has 0 aliphatic carbocycles. The lowest BCUT2D eigenvalue weighted by molar-refractivity contribution is -0.150. The Kier molecular flexibility index (Phi) is 4.09. The maximum atomic E-state index is 13.4. The third-order valence-electron chi connectivity index (χ3n) is 1.96. The number of carbonyl (C=O) groups is 1. The van der Waals surface area contributed by atoms with E-state index in [2.05, 4.69) is 4.74 Å². The molecule has 1 atom stereocenters. The average molecular weight is 249 g/mol. The monoisotopic (exact) mass is 248 g/mol. The minimum atomic E-state index is -1.63. The van der Waals surface area contributed by atoms with Gasteiger partial charge in [-0.2, -0.15) is 0 Å². The fraction of sp³-hybridized carbons (Fsp3) is 0.300. The maximum absolute atomic E-state index is 13.4. The molecule has 0 aliphatic rings. The largest absolute Gasteiger partial charge is 0.493 e. The molecule has 16 heavy (non-hydrogen) atoms. The summed E-state index contributed by atoms with van der Waals surface area (Å²) in [5.74, 6) is -1.91. The summed E-state index contributed by atoms with van der Waals surface area (Å²) in [5, 5.41) is 9.62. The number of aliphatic hydroxyl groups is 1. The number of benzene rings is 1. The molecule has 0 aromatic heterocycles. The van der Waals surface area contributed by atoms with Gasteiger partial charge in [0.2, 0.25) is 0 Å². The highest BCUT2D eigenvalue weighted by Gasteiger charge is 2.24. The smallest absolute Gasteiger partial charge is 0.339 e. The fourth-order valence-electron chi connectivity index (χ4n) is 1.24. The number of hydrogen-bond donors (Lipinski definition) is 1. The van der Waals surface area contributed by atoms with Gasteiger partial charge in [-0.15, -0.1) is 0 Å². The zero-order chi connectivity index (χ0) is 12.3. The first-order chi connectivity index (χ1) is 7.51. The van der Waals surface area contributed by atoms with Gasteiger partial charge in [0.25, 0.3) is 0 Å². The topological polar surface area (TPSA) is 55.8 Å². The summed E-state index contributed by atoms with van der Waals surface area (Å²) in [6, 6.07) is 2.26. The number of methoxy groups -OCH3 is 2. The van der Waals surface area contributed by atoms with Crippen LogP contribution in [0.3, 0.4) is 0 Å². The number of aliphatic hydroxyl groups excluding tert-OH is 1. The van der Waals surface area contributed by atoms with Crippen LogP contribution in [0.4, 0.5) is 4.39 Å². The third kappa shape index (κ3) is 2.43. The number of halogens is 2. The molecule has 0 bridgehead atoms. The van der Waals surface area contributed by atoms with E-state index in [0.717, 1.165) is 13.2 Å². The van der Waals surface area contributed by atoms with Crippen molar-refractivity contribution >= 4 is 17.6 Å². The minimum absolute atomic E-state index is 0.0521. The number of hydrogen-bond acceptors (Lipinski definition) is 4. The molecular formula is C10H10ClFO4. The van der Waals surface area contributed by atoms with Gasteiger partial charge in [0.05, 0.1) is 14.2 Å². The van der Waals surface area contributed by atoms with Crippen LogP contribution in [0.5, 0.6) is 5.75 Å². The molecule has 1 aromatic carbocycles. The van der Waals surface area contributed by atoms with Crippen molar-refractivity contribution in [1.29, 1.82) is 0 Å². The second kappa shape index (κ2) is 5.14. The van der Waals surface area contributed by atoms with Crippen LogP contribution >= 0.6 is 11.6 Å². The van der Waals surface area contributed by atoms with Crippen molar-refractivity contribution in [2.45, 2.75) is 6.10 Å². The highest BCUT2D eigenvalue weighted by atomic mass is 35.5. The number of esters is 1. The van der Waals surface area contributed by atoms with Crippen molar-refractivity contribution < 1.29 is 23.8 Å². The summed E-state index contributed by atoms with van der Waals surface area (Å²) >= 11 is 5.61. The second-order valence-electron chi connectivity index (χ2n) is 2.94. The lowest BCUT2D eigenvalue weighted by Gasteiger charge is -2.13. The van der Waals surface area contributed by atoms with E-state index in [1.54, 1.807) is 0 Å². The summed E-state index contributed by atoms with van der Waals surface area (Å²) in [6.07, 6.45) is -1.63. The van der Waals surface area contributed by atoms with Gasteiger partial charge in [0, 0.05) is 10.6 Å². The zero-order valence-electron chi connectivity index (χ0n) is 8.66. The summed E-state index contributed by atoms with van der Waals surface area (Å²) in [4.78, 5) is 11.1. The standard InChI is InChI=1S/C10H10ClFO4/c1-15-9-6(8(13)10(14)16-2)3-5(11)4-7(9)12/h3-4,8,13H,1-2H3. The van der Waals surface area contributed by atoms with Gasteiger partial charge in [-0.25, -0.2) is 9.18 Å². The van der Waals surface area contributed by atoms with E-state index >= 15 is 0 Å². The molecule has 1 N–H and O–H groups in total. The minimum Gasteiger partial charge on any atom is -0.493 e. The quantitative estimate of drug-likeness (QED) is 0.827. The predicted molar refractivity (Wildman–Crippen MR) is 54.9 cm³/mol. The molecule has 0 radical (unpaired) electrons. The predicted octanol–water partition coefficient (Wildman–Crippen LogP) is 1.69. The summed E-state index contributed by atoms with van der Waals surface area (Å²) < 4.78 is 22.4. The Hall–Kier alpha value is -1.33. The van der Waals surface area contributed by atoms with E-state index in [1.165, 1.54) is 13.2 Å². The molecule has 0 aliphatic heterocycles. The van der Waals surface area contributed by atoms with Crippen LogP contribution in [0, 0.1) is 5.82 Å². The first-order valence-corrected chi connectivity index (χ1v) is 4.68. The highest BCUT2D eigenvalue weighted by molar-refractivity contribution is 6.30. The third-order valence-corrected chi connectivity index (χ3v) is 2.18. The van der Waals surface area contributed by atoms with Gasteiger partial charge in [0.15, 0.2) is 17.7 Å². The molecule has 6 heteroatoms. The van der Waals surface area contributed by atoms with Crippen molar-refractivity contribution in [2.24, 2.45) is 0 Å². The van der Waals surface area contributed by atoms with Crippen LogP contribution in [0.15, 0.2) is 12.1 Å². The highest BCUT2D eigenvalue weighted by Crippen LogP contribution is 2.31. The molecule has 0 amide bonds. The van der Waals surface area contributed by atoms with E-state index in [-0.39, 0.29) is 16.3 Å². The van der Waals surface area contributed by atoms with Gasteiger partial charge in [0.1, 0.15) is 0 Å². The summed E-state index contributed by atoms with van der Waals surface area (Å²) in [6.45, 7) is 0. The molecule has 0 saturated carbocycles. The van der Waals surface area contributed by atoms with Crippen molar-refractivity contribution in [3.63, 3.8) is 0 Å². The second-order valence-corrected chi connectivity index (χ2v) is 3.37. The molecular weight excluding hydrogens is 239 g/mol. The van der Waals surface area contributed by atoms with E-state index in [9.17, 15) is 14.3 Å². The molecule has 1 rings (SSSR count). The van der Waals surface area contributed by atoms with Crippen molar-refractivity contribution in [2.75, 3.05) is 14.2 Å². The molecule has 1 unspecified atom stereocenters. The van der Waals surface area contributed by atoms with Gasteiger partial charge in [-0.05, 0) is 12.1 Å². The summed E-state index contributed by atoms with van der Waals surface area (Å²) in [5.41, 5.74) is -0.0700. The van der Waals surface area contributed by atoms with E-state index in [4.69, 9.17) is 16.3 Å². The van der Waals surface area contributed by atoms with E-state index in [0.29, 0.717) is 0 Å². The zero-order valence-corrected chi connectivity index (χ0v) is 9.42. The molecule has 0 saturated heterocycles. The van der Waals surface area contributed by atoms with Crippen molar-refractivity contribution in [1.82, 2.24) is 0 Å². The Morgan fingerprint density at radius 1 is 1.50 bits per heavy atom. The Balaban J connectivity index is 3.25. The Labute approximate surface area is 96.5 Å². The normalized spacial score (nSPS) is 12.1. The number of rotatable bonds is 3. The fourth-order valence-corrected chi connectivity index (χ4v) is 1.45. The first kappa shape index (κ1) is 12.7. The van der Waals surface area contributed by atoms with Gasteiger partial charge in [-0.3, -0.25) is 0 Å². The number of ether oxygens (including phenoxy) is 2. The summed E-state index contributed by atoms with van der Waals surface area (Å²) in [7, 11) is 2.33. The van der Waals surface area contributed by atoms with Crippen LogP contribution < -0.4 is 4.74 Å². The van der Waals surface area contributed by atoms with Crippen LogP contribution in [-0.4, -0.2) is 25.3 Å². The Morgan fingerprint density at radius 3 is 2.62 bits per heavy atom. The van der Waals surface area contributed by atoms with Crippen LogP contribution in [-0.2, 0) is 9.53 Å². The van der Waals surface area contributed by atoms with Gasteiger partial charge in [-0.1, -0.05) is 11.6 Å². The molecule has 1 aromatic rings. The number of carbonyl (C=O) groups excluding carboxylic acids is 1. The lowest BCUT2D eigenvalue weighted by atomic mass is 10.1. The van der Waals surface area contributed by atoms with Crippen LogP contribution in [0.1, 0.15) is 11.7 Å². The molecule has 4 nitrogen and oxygen atoms in total. The molecule has 0 heterocycles. The van der Waals surface area contributed by atoms with Crippen LogP contribution in [0.2, 0.25) is 5.02 Å². The Bertz CT molecular complexity index is 408. The molecule has 0 spiro atoms. The molecule has 0 fully saturated rings. The van der Waals surface area contributed by atoms with Gasteiger partial charge >= 0.3 is 5.97 Å². The van der Waals surface area contributed by atoms with Gasteiger partial charge < -0.3 is 14.6 Å². The molecule has 88 valence electrons. The average Bonchev–Trinajstić information content (AvgIpc) is 2.26. The van der Waals surface area contributed by atoms with E-state index in [1.807, 2.05) is 0 Å². The SMILES string of the molecule is COC(=O)C(O)c1cc(Cl)cc(F)c1OC. The van der Waals surface area contributed by atoms with Crippen molar-refractivity contribution in [3.8, 4) is 5.75 Å². The van der Waals surface area contributed by atoms with Crippen LogP contribution in [0.25, 0.3) is 0 Å². The van der Waals surface area contributed by atoms with E-state index < -0.39 is 17.9 Å². The maximum Gasteiger partial charge on any atom is 0.339 e. The first-order valence-electron chi connectivity index (χ1n) is 4.30. The van der Waals surface area contributed by atoms with Crippen molar-refractivity contribution in [3.05, 3.63) is 28.5 Å². The lowest BCUT2D eigenvalue weighted by Crippen LogP contribution is -2.15.